The van der Waals surface area contributed by atoms with E-state index in [0.717, 1.165) is 10.00 Å². The monoisotopic (exact) mass is 268 g/mol. The van der Waals surface area contributed by atoms with Gasteiger partial charge in [-0.1, -0.05) is 24.0 Å². The molecule has 82 valence electrons. The molecule has 1 aliphatic rings. The molecule has 1 unspecified atom stereocenters. The molecular weight excluding hydrogens is 260 g/mol. The summed E-state index contributed by atoms with van der Waals surface area (Å²) in [5, 5.41) is 12.0. The molecule has 1 atom stereocenters. The normalized spacial score (nSPS) is 20.5. The Hall–Kier alpha value is -0.900. The van der Waals surface area contributed by atoms with Crippen molar-refractivity contribution in [1.82, 2.24) is 5.32 Å². The number of thiocarbonyl (C=S) groups is 1. The number of thioether (sulfide) groups is 2. The first-order valence-corrected chi connectivity index (χ1v) is 6.97. The molecule has 16 heavy (non-hydrogen) atoms. The molecule has 0 aromatic carbocycles. The number of hydrogen-bond donors (Lipinski definition) is 1. The van der Waals surface area contributed by atoms with Crippen molar-refractivity contribution >= 4 is 40.7 Å². The lowest BCUT2D eigenvalue weighted by Gasteiger charge is -2.24. The molecule has 3 nitrogen and oxygen atoms in total. The summed E-state index contributed by atoms with van der Waals surface area (Å²) >= 11 is 8.25. The van der Waals surface area contributed by atoms with Gasteiger partial charge in [-0.05, 0) is 18.4 Å². The van der Waals surface area contributed by atoms with Crippen molar-refractivity contribution in [3.63, 3.8) is 0 Å². The van der Waals surface area contributed by atoms with Crippen LogP contribution in [0.25, 0.3) is 0 Å². The first-order chi connectivity index (χ1) is 7.76. The van der Waals surface area contributed by atoms with E-state index in [1.807, 2.05) is 18.4 Å². The van der Waals surface area contributed by atoms with Gasteiger partial charge in [0.2, 0.25) is 0 Å². The Morgan fingerprint density at radius 2 is 2.50 bits per heavy atom. The average Bonchev–Trinajstić information content (AvgIpc) is 2.81. The minimum atomic E-state index is -0.0398. The molecule has 2 heterocycles. The van der Waals surface area contributed by atoms with Gasteiger partial charge in [0, 0.05) is 0 Å². The molecule has 6 heteroatoms. The smallest absolute Gasteiger partial charge is 0.137 e. The second-order valence-corrected chi connectivity index (χ2v) is 5.56. The van der Waals surface area contributed by atoms with Gasteiger partial charge in [-0.15, -0.1) is 11.8 Å². The van der Waals surface area contributed by atoms with Gasteiger partial charge in [-0.3, -0.25) is 0 Å². The van der Waals surface area contributed by atoms with Crippen LogP contribution in [0.3, 0.4) is 0 Å². The van der Waals surface area contributed by atoms with E-state index >= 15 is 0 Å². The topological polar surface area (TPSA) is 49.0 Å². The number of nitriles is 1. The Labute approximate surface area is 107 Å². The van der Waals surface area contributed by atoms with Crippen LogP contribution >= 0.6 is 35.7 Å². The van der Waals surface area contributed by atoms with Gasteiger partial charge in [0.25, 0.3) is 0 Å². The number of hydrogen-bond acceptors (Lipinski definition) is 5. The van der Waals surface area contributed by atoms with Crippen molar-refractivity contribution in [3.8, 4) is 6.07 Å². The van der Waals surface area contributed by atoms with E-state index in [1.54, 1.807) is 18.0 Å². The molecule has 0 saturated heterocycles. The van der Waals surface area contributed by atoms with Crippen LogP contribution in [0, 0.1) is 11.3 Å². The van der Waals surface area contributed by atoms with Crippen molar-refractivity contribution in [1.29, 1.82) is 5.26 Å². The summed E-state index contributed by atoms with van der Waals surface area (Å²) in [6.07, 6.45) is 3.57. The highest BCUT2D eigenvalue weighted by atomic mass is 32.2. The highest BCUT2D eigenvalue weighted by Gasteiger charge is 2.27. The van der Waals surface area contributed by atoms with Gasteiger partial charge in [0.05, 0.1) is 10.5 Å². The van der Waals surface area contributed by atoms with Gasteiger partial charge in [-0.25, -0.2) is 0 Å². The molecule has 0 amide bonds. The van der Waals surface area contributed by atoms with Crippen molar-refractivity contribution in [2.75, 3.05) is 6.26 Å². The summed E-state index contributed by atoms with van der Waals surface area (Å²) in [5.74, 6) is 0.816. The van der Waals surface area contributed by atoms with E-state index < -0.39 is 0 Å². The highest BCUT2D eigenvalue weighted by molar-refractivity contribution is 8.22. The van der Waals surface area contributed by atoms with E-state index in [-0.39, 0.29) is 5.37 Å². The first kappa shape index (κ1) is 11.6. The molecule has 0 fully saturated rings. The second kappa shape index (κ2) is 4.95. The van der Waals surface area contributed by atoms with Crippen LogP contribution in [0.1, 0.15) is 11.1 Å². The minimum absolute atomic E-state index is 0.0398. The Kier molecular flexibility index (Phi) is 3.59. The SMILES string of the molecule is CSC1=C(C#N)C(=S)NC(c2ccco2)S1. The molecule has 0 aliphatic carbocycles. The van der Waals surface area contributed by atoms with Crippen LogP contribution in [0.2, 0.25) is 0 Å². The summed E-state index contributed by atoms with van der Waals surface area (Å²) in [7, 11) is 0. The third-order valence-corrected chi connectivity index (χ3v) is 4.71. The number of rotatable bonds is 2. The maximum Gasteiger partial charge on any atom is 0.137 e. The lowest BCUT2D eigenvalue weighted by molar-refractivity contribution is 0.499. The number of nitrogens with zero attached hydrogens (tertiary/aromatic N) is 1. The average molecular weight is 268 g/mol. The minimum Gasteiger partial charge on any atom is -0.466 e. The Balaban J connectivity index is 2.30. The summed E-state index contributed by atoms with van der Waals surface area (Å²) in [6.45, 7) is 0. The predicted octanol–water partition coefficient (Wildman–Crippen LogP) is 3.04. The van der Waals surface area contributed by atoms with Gasteiger partial charge in [0.15, 0.2) is 0 Å². The molecule has 0 saturated carbocycles. The summed E-state index contributed by atoms with van der Waals surface area (Å²) < 4.78 is 6.26. The second-order valence-electron chi connectivity index (χ2n) is 2.97. The quantitative estimate of drug-likeness (QED) is 0.832. The van der Waals surface area contributed by atoms with Crippen molar-refractivity contribution < 1.29 is 4.42 Å². The molecule has 1 aliphatic heterocycles. The zero-order valence-electron chi connectivity index (χ0n) is 8.39. The van der Waals surface area contributed by atoms with Crippen LogP contribution in [-0.2, 0) is 0 Å². The first-order valence-electron chi connectivity index (χ1n) is 4.45. The maximum atomic E-state index is 8.99. The van der Waals surface area contributed by atoms with Gasteiger partial charge in [0.1, 0.15) is 27.8 Å². The van der Waals surface area contributed by atoms with E-state index in [1.165, 1.54) is 11.8 Å². The molecule has 1 N–H and O–H groups in total. The van der Waals surface area contributed by atoms with E-state index in [4.69, 9.17) is 21.9 Å². The largest absolute Gasteiger partial charge is 0.466 e. The van der Waals surface area contributed by atoms with E-state index in [9.17, 15) is 0 Å². The summed E-state index contributed by atoms with van der Waals surface area (Å²) in [5.41, 5.74) is 0.551. The molecule has 2 rings (SSSR count). The van der Waals surface area contributed by atoms with Gasteiger partial charge >= 0.3 is 0 Å². The molecular formula is C10H8N2OS3. The lowest BCUT2D eigenvalue weighted by atomic mass is 10.3. The fraction of sp³-hybridized carbons (Fsp3) is 0.200. The lowest BCUT2D eigenvalue weighted by Crippen LogP contribution is -2.29. The molecule has 0 spiro atoms. The molecule has 0 radical (unpaired) electrons. The van der Waals surface area contributed by atoms with Crippen molar-refractivity contribution in [2.45, 2.75) is 5.37 Å². The Morgan fingerprint density at radius 1 is 1.69 bits per heavy atom. The Morgan fingerprint density at radius 3 is 3.06 bits per heavy atom. The van der Waals surface area contributed by atoms with Crippen molar-refractivity contribution in [2.24, 2.45) is 0 Å². The van der Waals surface area contributed by atoms with Crippen LogP contribution in [0.5, 0.6) is 0 Å². The van der Waals surface area contributed by atoms with Gasteiger partial charge < -0.3 is 9.73 Å². The predicted molar refractivity (Wildman–Crippen MR) is 70.9 cm³/mol. The number of nitrogens with one attached hydrogen (secondary N) is 1. The zero-order chi connectivity index (χ0) is 11.5. The maximum absolute atomic E-state index is 8.99. The third-order valence-electron chi connectivity index (χ3n) is 2.02. The molecule has 0 bridgehead atoms. The highest BCUT2D eigenvalue weighted by Crippen LogP contribution is 2.42. The van der Waals surface area contributed by atoms with Crippen molar-refractivity contribution in [3.05, 3.63) is 34.0 Å². The number of furan rings is 1. The standard InChI is InChI=1S/C10H8N2OS3/c1-15-10-6(5-11)8(14)12-9(16-10)7-3-2-4-13-7/h2-4,9H,1H3,(H,12,14). The summed E-state index contributed by atoms with van der Waals surface area (Å²) in [6, 6.07) is 5.85. The zero-order valence-corrected chi connectivity index (χ0v) is 10.8. The molecule has 1 aromatic heterocycles. The molecule has 1 aromatic rings. The third kappa shape index (κ3) is 2.12. The fourth-order valence-electron chi connectivity index (χ4n) is 1.30. The van der Waals surface area contributed by atoms with Crippen LogP contribution in [-0.4, -0.2) is 11.2 Å². The summed E-state index contributed by atoms with van der Waals surface area (Å²) in [4.78, 5) is 0.493. The van der Waals surface area contributed by atoms with E-state index in [2.05, 4.69) is 11.4 Å². The van der Waals surface area contributed by atoms with Crippen LogP contribution in [0.4, 0.5) is 0 Å². The Bertz CT molecular complexity index is 473. The van der Waals surface area contributed by atoms with Crippen LogP contribution in [0.15, 0.2) is 32.6 Å². The van der Waals surface area contributed by atoms with Gasteiger partial charge in [-0.2, -0.15) is 5.26 Å². The van der Waals surface area contributed by atoms with Crippen LogP contribution < -0.4 is 5.32 Å². The van der Waals surface area contributed by atoms with E-state index in [0.29, 0.717) is 10.6 Å². The fourth-order valence-corrected chi connectivity index (χ4v) is 3.70.